The van der Waals surface area contributed by atoms with E-state index in [1.807, 2.05) is 24.3 Å². The van der Waals surface area contributed by atoms with Crippen molar-refractivity contribution in [3.05, 3.63) is 39.1 Å². The molecule has 1 aromatic heterocycles. The maximum atomic E-state index is 5.99. The van der Waals surface area contributed by atoms with E-state index >= 15 is 0 Å². The standard InChI is InChI=1S/C15H18IN3O/c1-3-4-12-13(16)14(17)19-15(18-12)11-7-5-10(6-8-11)9-20-2/h5-8H,3-4,9H2,1-2H3,(H2,17,18,19). The number of aromatic nitrogens is 2. The minimum atomic E-state index is 0.556. The van der Waals surface area contributed by atoms with Crippen molar-refractivity contribution < 1.29 is 4.74 Å². The van der Waals surface area contributed by atoms with Crippen LogP contribution in [-0.4, -0.2) is 17.1 Å². The largest absolute Gasteiger partial charge is 0.383 e. The van der Waals surface area contributed by atoms with Crippen LogP contribution in [0.2, 0.25) is 0 Å². The Balaban J connectivity index is 2.36. The van der Waals surface area contributed by atoms with Crippen molar-refractivity contribution in [2.24, 2.45) is 0 Å². The van der Waals surface area contributed by atoms with E-state index in [0.717, 1.165) is 33.2 Å². The van der Waals surface area contributed by atoms with Gasteiger partial charge < -0.3 is 10.5 Å². The van der Waals surface area contributed by atoms with Crippen LogP contribution < -0.4 is 5.73 Å². The highest BCUT2D eigenvalue weighted by Crippen LogP contribution is 2.23. The smallest absolute Gasteiger partial charge is 0.161 e. The van der Waals surface area contributed by atoms with E-state index in [1.165, 1.54) is 0 Å². The van der Waals surface area contributed by atoms with Crippen LogP contribution in [0.1, 0.15) is 24.6 Å². The number of halogens is 1. The van der Waals surface area contributed by atoms with Crippen LogP contribution in [0.15, 0.2) is 24.3 Å². The number of methoxy groups -OCH3 is 1. The first-order chi connectivity index (χ1) is 9.65. The summed E-state index contributed by atoms with van der Waals surface area (Å²) in [5, 5.41) is 0. The molecule has 0 atom stereocenters. The summed E-state index contributed by atoms with van der Waals surface area (Å²) >= 11 is 2.21. The number of nitrogens with two attached hydrogens (primary N) is 1. The summed E-state index contributed by atoms with van der Waals surface area (Å²) in [6.07, 6.45) is 1.96. The topological polar surface area (TPSA) is 61.0 Å². The third-order valence-electron chi connectivity index (χ3n) is 2.96. The molecule has 106 valence electrons. The molecule has 0 aliphatic heterocycles. The van der Waals surface area contributed by atoms with E-state index in [4.69, 9.17) is 10.5 Å². The lowest BCUT2D eigenvalue weighted by Gasteiger charge is -2.09. The molecule has 0 aliphatic carbocycles. The molecule has 2 N–H and O–H groups in total. The van der Waals surface area contributed by atoms with Crippen LogP contribution in [0.25, 0.3) is 11.4 Å². The molecule has 20 heavy (non-hydrogen) atoms. The Morgan fingerprint density at radius 3 is 2.50 bits per heavy atom. The van der Waals surface area contributed by atoms with Crippen molar-refractivity contribution in [2.45, 2.75) is 26.4 Å². The van der Waals surface area contributed by atoms with Crippen molar-refractivity contribution in [1.29, 1.82) is 0 Å². The molecule has 0 unspecified atom stereocenters. The van der Waals surface area contributed by atoms with Gasteiger partial charge in [-0.3, -0.25) is 0 Å². The SMILES string of the molecule is CCCc1nc(-c2ccc(COC)cc2)nc(N)c1I. The Morgan fingerprint density at radius 2 is 1.90 bits per heavy atom. The summed E-state index contributed by atoms with van der Waals surface area (Å²) in [6, 6.07) is 8.06. The summed E-state index contributed by atoms with van der Waals surface area (Å²) < 4.78 is 6.07. The monoisotopic (exact) mass is 383 g/mol. The van der Waals surface area contributed by atoms with Crippen LogP contribution in [0.5, 0.6) is 0 Å². The highest BCUT2D eigenvalue weighted by atomic mass is 127. The van der Waals surface area contributed by atoms with E-state index in [0.29, 0.717) is 18.2 Å². The van der Waals surface area contributed by atoms with Gasteiger partial charge in [-0.05, 0) is 34.6 Å². The second-order valence-electron chi connectivity index (χ2n) is 4.57. The first-order valence-electron chi connectivity index (χ1n) is 6.55. The van der Waals surface area contributed by atoms with Gasteiger partial charge in [0.25, 0.3) is 0 Å². The van der Waals surface area contributed by atoms with Gasteiger partial charge in [0.2, 0.25) is 0 Å². The number of nitrogen functional groups attached to an aromatic ring is 1. The average Bonchev–Trinajstić information content (AvgIpc) is 2.45. The lowest BCUT2D eigenvalue weighted by Crippen LogP contribution is -2.05. The number of benzene rings is 1. The van der Waals surface area contributed by atoms with Crippen LogP contribution in [0, 0.1) is 3.57 Å². The fraction of sp³-hybridized carbons (Fsp3) is 0.333. The molecule has 0 aliphatic rings. The zero-order chi connectivity index (χ0) is 14.5. The number of rotatable bonds is 5. The molecule has 0 radical (unpaired) electrons. The fourth-order valence-corrected chi connectivity index (χ4v) is 2.47. The maximum absolute atomic E-state index is 5.99. The number of aryl methyl sites for hydroxylation is 1. The third kappa shape index (κ3) is 3.46. The molecule has 5 heteroatoms. The molecule has 0 saturated heterocycles. The van der Waals surface area contributed by atoms with Crippen molar-refractivity contribution >= 4 is 28.4 Å². The van der Waals surface area contributed by atoms with Gasteiger partial charge in [-0.15, -0.1) is 0 Å². The van der Waals surface area contributed by atoms with E-state index < -0.39 is 0 Å². The van der Waals surface area contributed by atoms with Gasteiger partial charge in [0, 0.05) is 12.7 Å². The lowest BCUT2D eigenvalue weighted by molar-refractivity contribution is 0.185. The zero-order valence-electron chi connectivity index (χ0n) is 11.7. The van der Waals surface area contributed by atoms with Gasteiger partial charge in [-0.25, -0.2) is 9.97 Å². The molecular weight excluding hydrogens is 365 g/mol. The molecule has 0 bridgehead atoms. The summed E-state index contributed by atoms with van der Waals surface area (Å²) in [4.78, 5) is 9.03. The molecule has 4 nitrogen and oxygen atoms in total. The van der Waals surface area contributed by atoms with Gasteiger partial charge >= 0.3 is 0 Å². The quantitative estimate of drug-likeness (QED) is 0.804. The first kappa shape index (κ1) is 15.2. The maximum Gasteiger partial charge on any atom is 0.161 e. The Labute approximate surface area is 132 Å². The molecule has 0 fully saturated rings. The molecule has 2 aromatic rings. The Bertz CT molecular complexity index is 584. The van der Waals surface area contributed by atoms with E-state index in [2.05, 4.69) is 39.5 Å². The van der Waals surface area contributed by atoms with E-state index in [-0.39, 0.29) is 0 Å². The van der Waals surface area contributed by atoms with Gasteiger partial charge in [0.15, 0.2) is 5.82 Å². The summed E-state index contributed by atoms with van der Waals surface area (Å²) in [7, 11) is 1.69. The first-order valence-corrected chi connectivity index (χ1v) is 7.63. The minimum absolute atomic E-state index is 0.556. The van der Waals surface area contributed by atoms with Crippen molar-refractivity contribution in [3.63, 3.8) is 0 Å². The molecule has 0 saturated carbocycles. The highest BCUT2D eigenvalue weighted by Gasteiger charge is 2.10. The Morgan fingerprint density at radius 1 is 1.20 bits per heavy atom. The van der Waals surface area contributed by atoms with Crippen LogP contribution >= 0.6 is 22.6 Å². The fourth-order valence-electron chi connectivity index (χ4n) is 1.96. The second-order valence-corrected chi connectivity index (χ2v) is 5.65. The number of anilines is 1. The number of hydrogen-bond acceptors (Lipinski definition) is 4. The third-order valence-corrected chi connectivity index (χ3v) is 4.13. The van der Waals surface area contributed by atoms with E-state index in [1.54, 1.807) is 7.11 Å². The number of ether oxygens (including phenoxy) is 1. The molecule has 0 amide bonds. The summed E-state index contributed by atoms with van der Waals surface area (Å²) in [6.45, 7) is 2.74. The van der Waals surface area contributed by atoms with Crippen molar-refractivity contribution in [1.82, 2.24) is 9.97 Å². The van der Waals surface area contributed by atoms with Crippen molar-refractivity contribution in [3.8, 4) is 11.4 Å². The number of hydrogen-bond donors (Lipinski definition) is 1. The predicted octanol–water partition coefficient (Wildman–Crippen LogP) is 3.43. The summed E-state index contributed by atoms with van der Waals surface area (Å²) in [5.41, 5.74) is 9.12. The van der Waals surface area contributed by atoms with Gasteiger partial charge in [-0.1, -0.05) is 37.6 Å². The molecule has 1 heterocycles. The predicted molar refractivity (Wildman–Crippen MR) is 89.3 cm³/mol. The van der Waals surface area contributed by atoms with Gasteiger partial charge in [-0.2, -0.15) is 0 Å². The van der Waals surface area contributed by atoms with Crippen LogP contribution in [0.3, 0.4) is 0 Å². The highest BCUT2D eigenvalue weighted by molar-refractivity contribution is 14.1. The molecule has 2 rings (SSSR count). The molecule has 1 aromatic carbocycles. The van der Waals surface area contributed by atoms with Gasteiger partial charge in [0.05, 0.1) is 15.9 Å². The summed E-state index contributed by atoms with van der Waals surface area (Å²) in [5.74, 6) is 1.25. The molecule has 0 spiro atoms. The minimum Gasteiger partial charge on any atom is -0.383 e. The lowest BCUT2D eigenvalue weighted by atomic mass is 10.1. The van der Waals surface area contributed by atoms with Crippen LogP contribution in [0.4, 0.5) is 5.82 Å². The normalized spacial score (nSPS) is 10.8. The van der Waals surface area contributed by atoms with E-state index in [9.17, 15) is 0 Å². The van der Waals surface area contributed by atoms with Gasteiger partial charge in [0.1, 0.15) is 5.82 Å². The zero-order valence-corrected chi connectivity index (χ0v) is 13.8. The number of nitrogens with zero attached hydrogens (tertiary/aromatic N) is 2. The second kappa shape index (κ2) is 6.99. The molecular formula is C15H18IN3O. The Hall–Kier alpha value is -1.21. The van der Waals surface area contributed by atoms with Crippen LogP contribution in [-0.2, 0) is 17.8 Å². The van der Waals surface area contributed by atoms with Crippen molar-refractivity contribution in [2.75, 3.05) is 12.8 Å². The average molecular weight is 383 g/mol. The Kier molecular flexibility index (Phi) is 5.31.